The van der Waals surface area contributed by atoms with E-state index in [4.69, 9.17) is 9.47 Å². The second kappa shape index (κ2) is 4.81. The third-order valence-electron chi connectivity index (χ3n) is 4.31. The van der Waals surface area contributed by atoms with Gasteiger partial charge in [-0.05, 0) is 42.5 Å². The maximum absolute atomic E-state index is 5.37. The van der Waals surface area contributed by atoms with Crippen LogP contribution in [0, 0.1) is 0 Å². The number of rotatable bonds is 5. The maximum Gasteiger partial charge on any atom is 0.161 e. The molecule has 1 fully saturated rings. The van der Waals surface area contributed by atoms with E-state index in [2.05, 4.69) is 17.4 Å². The number of ether oxygens (including phenoxy) is 2. The van der Waals surface area contributed by atoms with Crippen LogP contribution in [0.1, 0.15) is 36.3 Å². The summed E-state index contributed by atoms with van der Waals surface area (Å²) in [6, 6.07) is 5.04. The fourth-order valence-corrected chi connectivity index (χ4v) is 2.84. The van der Waals surface area contributed by atoms with Crippen molar-refractivity contribution in [2.24, 2.45) is 0 Å². The lowest BCUT2D eigenvalue weighted by atomic mass is 9.77. The summed E-state index contributed by atoms with van der Waals surface area (Å²) >= 11 is 0. The Balaban J connectivity index is 1.68. The van der Waals surface area contributed by atoms with Gasteiger partial charge in [-0.3, -0.25) is 0 Å². The van der Waals surface area contributed by atoms with Crippen molar-refractivity contribution in [2.75, 3.05) is 20.8 Å². The van der Waals surface area contributed by atoms with Crippen molar-refractivity contribution in [1.82, 2.24) is 5.32 Å². The third-order valence-corrected chi connectivity index (χ3v) is 4.31. The lowest BCUT2D eigenvalue weighted by molar-refractivity contribution is 0.324. The van der Waals surface area contributed by atoms with E-state index in [0.29, 0.717) is 5.92 Å². The molecule has 0 heterocycles. The topological polar surface area (TPSA) is 30.5 Å². The molecule has 1 aromatic carbocycles. The van der Waals surface area contributed by atoms with Gasteiger partial charge in [0.2, 0.25) is 0 Å². The Kier molecular flexibility index (Phi) is 3.16. The average Bonchev–Trinajstić information content (AvgIpc) is 2.32. The van der Waals surface area contributed by atoms with Crippen molar-refractivity contribution in [3.63, 3.8) is 0 Å². The molecule has 1 atom stereocenters. The van der Waals surface area contributed by atoms with Crippen LogP contribution in [0.2, 0.25) is 0 Å². The smallest absolute Gasteiger partial charge is 0.161 e. The van der Waals surface area contributed by atoms with Crippen LogP contribution in [-0.4, -0.2) is 26.8 Å². The van der Waals surface area contributed by atoms with E-state index in [1.165, 1.54) is 30.4 Å². The van der Waals surface area contributed by atoms with Gasteiger partial charge in [-0.25, -0.2) is 0 Å². The largest absolute Gasteiger partial charge is 0.493 e. The molecule has 0 aliphatic heterocycles. The van der Waals surface area contributed by atoms with E-state index in [1.807, 2.05) is 0 Å². The van der Waals surface area contributed by atoms with Gasteiger partial charge in [0.25, 0.3) is 0 Å². The highest BCUT2D eigenvalue weighted by atomic mass is 16.5. The summed E-state index contributed by atoms with van der Waals surface area (Å²) in [6.45, 7) is 1.10. The molecule has 0 unspecified atom stereocenters. The zero-order valence-corrected chi connectivity index (χ0v) is 11.2. The van der Waals surface area contributed by atoms with Crippen LogP contribution in [0.4, 0.5) is 0 Å². The zero-order valence-electron chi connectivity index (χ0n) is 11.2. The average molecular weight is 247 g/mol. The quantitative estimate of drug-likeness (QED) is 0.867. The molecule has 0 spiro atoms. The molecule has 2 aliphatic rings. The van der Waals surface area contributed by atoms with Gasteiger partial charge in [-0.1, -0.05) is 6.42 Å². The summed E-state index contributed by atoms with van der Waals surface area (Å²) < 4.78 is 10.7. The Hall–Kier alpha value is -1.22. The van der Waals surface area contributed by atoms with Gasteiger partial charge in [-0.2, -0.15) is 0 Å². The van der Waals surface area contributed by atoms with Gasteiger partial charge in [0.15, 0.2) is 11.5 Å². The minimum absolute atomic E-state index is 0.653. The van der Waals surface area contributed by atoms with E-state index < -0.39 is 0 Å². The fourth-order valence-electron chi connectivity index (χ4n) is 2.84. The summed E-state index contributed by atoms with van der Waals surface area (Å²) in [5.41, 5.74) is 2.84. The molecule has 18 heavy (non-hydrogen) atoms. The molecule has 3 heteroatoms. The van der Waals surface area contributed by atoms with Crippen LogP contribution in [0.3, 0.4) is 0 Å². The monoisotopic (exact) mass is 247 g/mol. The Morgan fingerprint density at radius 1 is 1.17 bits per heavy atom. The molecular weight excluding hydrogens is 226 g/mol. The fraction of sp³-hybridized carbons (Fsp3) is 0.600. The van der Waals surface area contributed by atoms with Crippen LogP contribution in [0.25, 0.3) is 0 Å². The highest BCUT2D eigenvalue weighted by Gasteiger charge is 2.29. The maximum atomic E-state index is 5.37. The number of hydrogen-bond acceptors (Lipinski definition) is 3. The molecule has 3 nitrogen and oxygen atoms in total. The van der Waals surface area contributed by atoms with Crippen LogP contribution in [-0.2, 0) is 6.42 Å². The van der Waals surface area contributed by atoms with Crippen LogP contribution < -0.4 is 14.8 Å². The van der Waals surface area contributed by atoms with Crippen LogP contribution >= 0.6 is 0 Å². The number of hydrogen-bond donors (Lipinski definition) is 1. The van der Waals surface area contributed by atoms with Crippen LogP contribution in [0.5, 0.6) is 11.5 Å². The number of benzene rings is 1. The normalized spacial score (nSPS) is 21.8. The molecule has 1 N–H and O–H groups in total. The Morgan fingerprint density at radius 2 is 1.89 bits per heavy atom. The lowest BCUT2D eigenvalue weighted by Crippen LogP contribution is -2.39. The van der Waals surface area contributed by atoms with Gasteiger partial charge in [0, 0.05) is 18.5 Å². The van der Waals surface area contributed by atoms with Gasteiger partial charge in [-0.15, -0.1) is 0 Å². The molecular formula is C15H21NO2. The molecule has 2 aliphatic carbocycles. The first-order valence-corrected chi connectivity index (χ1v) is 6.80. The Bertz CT molecular complexity index is 440. The van der Waals surface area contributed by atoms with Crippen molar-refractivity contribution in [3.05, 3.63) is 23.3 Å². The van der Waals surface area contributed by atoms with E-state index in [0.717, 1.165) is 30.5 Å². The standard InChI is InChI=1S/C15H21NO2/c1-17-14-7-10-6-11(9-16-12-4-3-5-12)13(10)8-15(14)18-2/h7-8,11-12,16H,3-6,9H2,1-2H3/t11-/m1/s1. The summed E-state index contributed by atoms with van der Waals surface area (Å²) in [6.07, 6.45) is 5.26. The first kappa shape index (κ1) is 11.8. The summed E-state index contributed by atoms with van der Waals surface area (Å²) in [5, 5.41) is 3.66. The van der Waals surface area contributed by atoms with Gasteiger partial charge >= 0.3 is 0 Å². The molecule has 1 aromatic rings. The van der Waals surface area contributed by atoms with Crippen molar-refractivity contribution >= 4 is 0 Å². The molecule has 0 bridgehead atoms. The predicted molar refractivity (Wildman–Crippen MR) is 71.6 cm³/mol. The minimum Gasteiger partial charge on any atom is -0.493 e. The van der Waals surface area contributed by atoms with Crippen molar-refractivity contribution in [1.29, 1.82) is 0 Å². The number of methoxy groups -OCH3 is 2. The zero-order chi connectivity index (χ0) is 12.5. The molecule has 3 rings (SSSR count). The molecule has 0 saturated heterocycles. The van der Waals surface area contributed by atoms with Crippen molar-refractivity contribution in [2.45, 2.75) is 37.6 Å². The molecule has 98 valence electrons. The summed E-state index contributed by atoms with van der Waals surface area (Å²) in [7, 11) is 3.39. The summed E-state index contributed by atoms with van der Waals surface area (Å²) in [5.74, 6) is 2.35. The predicted octanol–water partition coefficient (Wildman–Crippen LogP) is 2.49. The van der Waals surface area contributed by atoms with Gasteiger partial charge < -0.3 is 14.8 Å². The van der Waals surface area contributed by atoms with Crippen LogP contribution in [0.15, 0.2) is 12.1 Å². The second-order valence-electron chi connectivity index (χ2n) is 5.34. The minimum atomic E-state index is 0.653. The van der Waals surface area contributed by atoms with Crippen molar-refractivity contribution in [3.8, 4) is 11.5 Å². The highest BCUT2D eigenvalue weighted by molar-refractivity contribution is 5.53. The van der Waals surface area contributed by atoms with Gasteiger partial charge in [0.05, 0.1) is 14.2 Å². The van der Waals surface area contributed by atoms with E-state index in [1.54, 1.807) is 14.2 Å². The molecule has 0 aromatic heterocycles. The molecule has 1 saturated carbocycles. The van der Waals surface area contributed by atoms with Gasteiger partial charge in [0.1, 0.15) is 0 Å². The Morgan fingerprint density at radius 3 is 2.50 bits per heavy atom. The first-order chi connectivity index (χ1) is 8.81. The van der Waals surface area contributed by atoms with E-state index >= 15 is 0 Å². The number of fused-ring (bicyclic) bond motifs is 1. The van der Waals surface area contributed by atoms with Crippen molar-refractivity contribution < 1.29 is 9.47 Å². The molecule has 0 amide bonds. The SMILES string of the molecule is COc1cc2c(cc1OC)[C@@H](CNC1CCC1)C2. The Labute approximate surface area is 108 Å². The second-order valence-corrected chi connectivity index (χ2v) is 5.34. The van der Waals surface area contributed by atoms with E-state index in [9.17, 15) is 0 Å². The van der Waals surface area contributed by atoms with E-state index in [-0.39, 0.29) is 0 Å². The summed E-state index contributed by atoms with van der Waals surface area (Å²) in [4.78, 5) is 0. The lowest BCUT2D eigenvalue weighted by Gasteiger charge is -2.35. The number of nitrogens with one attached hydrogen (secondary N) is 1. The first-order valence-electron chi connectivity index (χ1n) is 6.80. The molecule has 0 radical (unpaired) electrons. The third kappa shape index (κ3) is 1.97. The highest BCUT2D eigenvalue weighted by Crippen LogP contribution is 2.42.